The highest BCUT2D eigenvalue weighted by molar-refractivity contribution is 6.00. The Hall–Kier alpha value is -4.17. The summed E-state index contributed by atoms with van der Waals surface area (Å²) in [4.78, 5) is 12.9. The third kappa shape index (κ3) is 5.25. The molecule has 6 rings (SSSR count). The number of hydrogen-bond acceptors (Lipinski definition) is 6. The molecule has 0 amide bonds. The van der Waals surface area contributed by atoms with Crippen LogP contribution in [0.2, 0.25) is 0 Å². The molecule has 1 unspecified atom stereocenters. The molecule has 0 radical (unpaired) electrons. The van der Waals surface area contributed by atoms with Crippen molar-refractivity contribution in [2.45, 2.75) is 31.3 Å². The first kappa shape index (κ1) is 25.1. The van der Waals surface area contributed by atoms with Crippen molar-refractivity contribution < 1.29 is 9.13 Å². The van der Waals surface area contributed by atoms with Gasteiger partial charge in [-0.1, -0.05) is 30.3 Å². The molecule has 200 valence electrons. The van der Waals surface area contributed by atoms with Crippen LogP contribution >= 0.6 is 0 Å². The summed E-state index contributed by atoms with van der Waals surface area (Å²) >= 11 is 0. The Labute approximate surface area is 227 Å². The summed E-state index contributed by atoms with van der Waals surface area (Å²) in [6.07, 6.45) is 8.13. The Morgan fingerprint density at radius 1 is 1.05 bits per heavy atom. The number of ether oxygens (including phenoxy) is 1. The normalized spacial score (nSPS) is 19.2. The van der Waals surface area contributed by atoms with E-state index >= 15 is 0 Å². The molecule has 1 atom stereocenters. The average molecular weight is 525 g/mol. The van der Waals surface area contributed by atoms with Crippen molar-refractivity contribution in [2.75, 3.05) is 26.7 Å². The Bertz CT molecular complexity index is 1530. The van der Waals surface area contributed by atoms with Gasteiger partial charge in [-0.25, -0.2) is 9.38 Å². The zero-order valence-electron chi connectivity index (χ0n) is 22.1. The maximum Gasteiger partial charge on any atom is 0.163 e. The molecule has 2 aromatic carbocycles. The molecule has 0 fully saturated rings. The summed E-state index contributed by atoms with van der Waals surface area (Å²) in [6, 6.07) is 17.9. The van der Waals surface area contributed by atoms with Gasteiger partial charge in [0.05, 0.1) is 13.3 Å². The minimum absolute atomic E-state index is 0.371. The summed E-state index contributed by atoms with van der Waals surface area (Å²) in [5, 5.41) is 12.1. The largest absolute Gasteiger partial charge is 0.497 e. The number of nitrogens with one attached hydrogen (secondary N) is 4. The van der Waals surface area contributed by atoms with Gasteiger partial charge in [0.15, 0.2) is 5.66 Å². The number of methoxy groups -OCH3 is 1. The lowest BCUT2D eigenvalue weighted by atomic mass is 9.89. The standard InChI is InChI=1S/C31H33FN6O/c1-39-25-7-8-26-22(18-36-29(26)16-25)9-14-35-30-27-10-12-33-13-11-28(27)37-31(38-30,17-21-5-3-2-4-6-21)23-15-24(32)20-34-19-23/h2-8,15-16,18-20,33,36-37H,9-14,17H2,1H3,(H,35,38). The van der Waals surface area contributed by atoms with E-state index in [-0.39, 0.29) is 5.82 Å². The molecule has 0 saturated carbocycles. The zero-order chi connectivity index (χ0) is 26.7. The highest BCUT2D eigenvalue weighted by Crippen LogP contribution is 2.35. The van der Waals surface area contributed by atoms with Crippen LogP contribution in [0.1, 0.15) is 29.5 Å². The Balaban J connectivity index is 1.34. The molecule has 0 spiro atoms. The number of halogens is 1. The van der Waals surface area contributed by atoms with E-state index in [0.29, 0.717) is 18.5 Å². The van der Waals surface area contributed by atoms with Crippen molar-refractivity contribution in [3.8, 4) is 5.75 Å². The highest BCUT2D eigenvalue weighted by atomic mass is 19.1. The van der Waals surface area contributed by atoms with Gasteiger partial charge in [0.1, 0.15) is 17.4 Å². The van der Waals surface area contributed by atoms with Gasteiger partial charge in [-0.15, -0.1) is 0 Å². The SMILES string of the molecule is COc1ccc2c(CCNC3=NC(Cc4ccccc4)(c4cncc(F)c4)NC4=C3CCNCC4)c[nH]c2c1. The van der Waals surface area contributed by atoms with Crippen LogP contribution in [0.15, 0.2) is 89.5 Å². The van der Waals surface area contributed by atoms with E-state index in [4.69, 9.17) is 9.73 Å². The lowest BCUT2D eigenvalue weighted by Gasteiger charge is -2.39. The van der Waals surface area contributed by atoms with Crippen molar-refractivity contribution in [2.24, 2.45) is 4.99 Å². The van der Waals surface area contributed by atoms with Crippen LogP contribution in [-0.2, 0) is 18.5 Å². The van der Waals surface area contributed by atoms with Gasteiger partial charge in [0, 0.05) is 72.1 Å². The summed E-state index contributed by atoms with van der Waals surface area (Å²) in [7, 11) is 1.68. The molecular weight excluding hydrogens is 491 g/mol. The zero-order valence-corrected chi connectivity index (χ0v) is 22.1. The summed E-state index contributed by atoms with van der Waals surface area (Å²) < 4.78 is 19.8. The summed E-state index contributed by atoms with van der Waals surface area (Å²) in [5.74, 6) is 1.33. The number of H-pyrrole nitrogens is 1. The average Bonchev–Trinajstić information content (AvgIpc) is 3.20. The number of aromatic nitrogens is 2. The molecule has 2 aromatic heterocycles. The van der Waals surface area contributed by atoms with E-state index in [1.165, 1.54) is 22.7 Å². The van der Waals surface area contributed by atoms with E-state index in [1.54, 1.807) is 19.4 Å². The van der Waals surface area contributed by atoms with E-state index < -0.39 is 5.66 Å². The fourth-order valence-corrected chi connectivity index (χ4v) is 5.60. The number of hydrogen-bond donors (Lipinski definition) is 4. The van der Waals surface area contributed by atoms with E-state index in [0.717, 1.165) is 60.7 Å². The maximum atomic E-state index is 14.5. The van der Waals surface area contributed by atoms with Crippen molar-refractivity contribution in [3.63, 3.8) is 0 Å². The predicted octanol–water partition coefficient (Wildman–Crippen LogP) is 4.58. The van der Waals surface area contributed by atoms with Crippen LogP contribution in [0.25, 0.3) is 10.9 Å². The van der Waals surface area contributed by atoms with Gasteiger partial charge in [0.2, 0.25) is 0 Å². The third-order valence-electron chi connectivity index (χ3n) is 7.56. The number of aliphatic imine (C=N–C) groups is 1. The van der Waals surface area contributed by atoms with Crippen LogP contribution in [0.3, 0.4) is 0 Å². The molecule has 0 saturated heterocycles. The van der Waals surface area contributed by atoms with Gasteiger partial charge in [0.25, 0.3) is 0 Å². The van der Waals surface area contributed by atoms with Crippen LogP contribution in [0, 0.1) is 5.82 Å². The highest BCUT2D eigenvalue weighted by Gasteiger charge is 2.39. The minimum Gasteiger partial charge on any atom is -0.497 e. The van der Waals surface area contributed by atoms with Gasteiger partial charge in [-0.3, -0.25) is 4.98 Å². The second kappa shape index (κ2) is 10.9. The number of benzene rings is 2. The Kier molecular flexibility index (Phi) is 7.02. The number of aromatic amines is 1. The molecule has 7 nitrogen and oxygen atoms in total. The maximum absolute atomic E-state index is 14.5. The topological polar surface area (TPSA) is 86.4 Å². The molecule has 2 aliphatic heterocycles. The molecule has 8 heteroatoms. The van der Waals surface area contributed by atoms with Gasteiger partial charge >= 0.3 is 0 Å². The fourth-order valence-electron chi connectivity index (χ4n) is 5.60. The molecule has 4 N–H and O–H groups in total. The molecule has 0 bridgehead atoms. The smallest absolute Gasteiger partial charge is 0.163 e. The first-order chi connectivity index (χ1) is 19.1. The summed E-state index contributed by atoms with van der Waals surface area (Å²) in [6.45, 7) is 2.48. The van der Waals surface area contributed by atoms with Gasteiger partial charge in [-0.05, 0) is 48.7 Å². The molecule has 4 aromatic rings. The minimum atomic E-state index is -0.876. The first-order valence-corrected chi connectivity index (χ1v) is 13.5. The number of nitrogens with zero attached hydrogens (tertiary/aromatic N) is 2. The Morgan fingerprint density at radius 2 is 1.92 bits per heavy atom. The summed E-state index contributed by atoms with van der Waals surface area (Å²) in [5.41, 5.74) is 5.58. The molecular formula is C31H33FN6O. The molecule has 4 heterocycles. The lowest BCUT2D eigenvalue weighted by molar-refractivity contribution is 0.362. The third-order valence-corrected chi connectivity index (χ3v) is 7.56. The van der Waals surface area contributed by atoms with Gasteiger partial charge in [-0.2, -0.15) is 0 Å². The van der Waals surface area contributed by atoms with E-state index in [1.807, 2.05) is 30.3 Å². The first-order valence-electron chi connectivity index (χ1n) is 13.5. The number of rotatable bonds is 7. The molecule has 39 heavy (non-hydrogen) atoms. The number of pyridine rings is 1. The second-order valence-electron chi connectivity index (χ2n) is 10.1. The fraction of sp³-hybridized carbons (Fsp3) is 0.290. The monoisotopic (exact) mass is 524 g/mol. The Morgan fingerprint density at radius 3 is 2.77 bits per heavy atom. The quantitative estimate of drug-likeness (QED) is 0.284. The van der Waals surface area contributed by atoms with Crippen molar-refractivity contribution >= 4 is 16.7 Å². The number of amidine groups is 1. The van der Waals surface area contributed by atoms with Crippen molar-refractivity contribution in [1.82, 2.24) is 25.9 Å². The van der Waals surface area contributed by atoms with Gasteiger partial charge < -0.3 is 25.7 Å². The van der Waals surface area contributed by atoms with Crippen LogP contribution in [-0.4, -0.2) is 42.5 Å². The lowest BCUT2D eigenvalue weighted by Crippen LogP contribution is -2.49. The van der Waals surface area contributed by atoms with Crippen LogP contribution in [0.4, 0.5) is 4.39 Å². The van der Waals surface area contributed by atoms with Crippen LogP contribution < -0.4 is 20.7 Å². The molecule has 2 aliphatic rings. The molecule has 0 aliphatic carbocycles. The van der Waals surface area contributed by atoms with Crippen LogP contribution in [0.5, 0.6) is 5.75 Å². The predicted molar refractivity (Wildman–Crippen MR) is 152 cm³/mol. The van der Waals surface area contributed by atoms with E-state index in [9.17, 15) is 4.39 Å². The van der Waals surface area contributed by atoms with Crippen molar-refractivity contribution in [3.05, 3.63) is 107 Å². The van der Waals surface area contributed by atoms with Crippen molar-refractivity contribution in [1.29, 1.82) is 0 Å². The number of fused-ring (bicyclic) bond motifs is 1. The second-order valence-corrected chi connectivity index (χ2v) is 10.1. The van der Waals surface area contributed by atoms with E-state index in [2.05, 4.69) is 50.3 Å².